The van der Waals surface area contributed by atoms with Crippen LogP contribution in [0.5, 0.6) is 0 Å². The molecule has 0 amide bonds. The Kier molecular flexibility index (Phi) is 3.80. The largest absolute Gasteiger partial charge is 0.346 e. The molecule has 0 saturated carbocycles. The van der Waals surface area contributed by atoms with E-state index in [9.17, 15) is 18.2 Å². The smallest absolute Gasteiger partial charge is 0.310 e. The van der Waals surface area contributed by atoms with E-state index in [-0.39, 0.29) is 16.8 Å². The van der Waals surface area contributed by atoms with Crippen LogP contribution in [0.25, 0.3) is 16.7 Å². The number of rotatable bonds is 2. The molecule has 1 unspecified atom stereocenters. The highest BCUT2D eigenvalue weighted by atomic mass is 79.9. The maximum Gasteiger partial charge on any atom is 0.346 e. The van der Waals surface area contributed by atoms with Gasteiger partial charge in [0.25, 0.3) is 5.56 Å². The van der Waals surface area contributed by atoms with Gasteiger partial charge in [-0.2, -0.15) is 0 Å². The molecule has 0 fully saturated rings. The number of hydrogen-bond acceptors (Lipinski definition) is 3. The Morgan fingerprint density at radius 3 is 2.68 bits per heavy atom. The summed E-state index contributed by atoms with van der Waals surface area (Å²) in [6.45, 7) is 0.562. The number of aryl methyl sites for hydroxylation is 1. The number of imidazole rings is 1. The number of fused-ring (bicyclic) bond motifs is 3. The summed E-state index contributed by atoms with van der Waals surface area (Å²) in [7, 11) is -1.64. The lowest BCUT2D eigenvalue weighted by atomic mass is 10.2. The van der Waals surface area contributed by atoms with Crippen LogP contribution < -0.4 is 11.2 Å². The van der Waals surface area contributed by atoms with E-state index in [1.807, 2.05) is 0 Å². The summed E-state index contributed by atoms with van der Waals surface area (Å²) in [5, 5.41) is 0. The first-order valence-electron chi connectivity index (χ1n) is 7.59. The monoisotopic (exact) mass is 425 g/mol. The lowest BCUT2D eigenvalue weighted by molar-refractivity contribution is 0.616. The van der Waals surface area contributed by atoms with Crippen LogP contribution in [-0.2, 0) is 24.0 Å². The fraction of sp³-hybridized carbons (Fsp3) is 0.250. The van der Waals surface area contributed by atoms with E-state index < -0.39 is 22.5 Å². The van der Waals surface area contributed by atoms with Crippen molar-refractivity contribution in [2.45, 2.75) is 19.4 Å². The molecule has 4 rings (SSSR count). The van der Waals surface area contributed by atoms with Gasteiger partial charge in [0, 0.05) is 29.0 Å². The van der Waals surface area contributed by atoms with E-state index in [1.54, 1.807) is 10.6 Å². The van der Waals surface area contributed by atoms with E-state index in [1.165, 1.54) is 24.5 Å². The Labute approximate surface area is 152 Å². The van der Waals surface area contributed by atoms with Gasteiger partial charge in [-0.25, -0.2) is 17.4 Å². The van der Waals surface area contributed by atoms with Crippen molar-refractivity contribution in [2.75, 3.05) is 6.26 Å². The zero-order chi connectivity index (χ0) is 17.9. The van der Waals surface area contributed by atoms with Crippen LogP contribution in [0.3, 0.4) is 0 Å². The van der Waals surface area contributed by atoms with Crippen molar-refractivity contribution >= 4 is 37.9 Å². The van der Waals surface area contributed by atoms with E-state index in [0.29, 0.717) is 28.6 Å². The molecule has 0 bridgehead atoms. The molecule has 0 saturated heterocycles. The van der Waals surface area contributed by atoms with E-state index in [0.717, 1.165) is 15.0 Å². The highest BCUT2D eigenvalue weighted by Crippen LogP contribution is 2.26. The lowest BCUT2D eigenvalue weighted by Crippen LogP contribution is -2.25. The number of nitrogens with zero attached hydrogens (tertiary/aromatic N) is 3. The Bertz CT molecular complexity index is 1180. The van der Waals surface area contributed by atoms with Crippen molar-refractivity contribution in [3.63, 3.8) is 0 Å². The van der Waals surface area contributed by atoms with Gasteiger partial charge in [0.2, 0.25) is 0 Å². The summed E-state index contributed by atoms with van der Waals surface area (Å²) in [6.07, 6.45) is 2.77. The molecule has 3 heterocycles. The molecule has 1 aliphatic rings. The normalized spacial score (nSPS) is 14.8. The summed E-state index contributed by atoms with van der Waals surface area (Å²) in [6, 6.07) is 5.62. The van der Waals surface area contributed by atoms with E-state index in [2.05, 4.69) is 15.9 Å². The van der Waals surface area contributed by atoms with Gasteiger partial charge >= 0.3 is 5.69 Å². The Morgan fingerprint density at radius 1 is 1.24 bits per heavy atom. The molecule has 1 aromatic carbocycles. The predicted octanol–water partition coefficient (Wildman–Crippen LogP) is 1.94. The van der Waals surface area contributed by atoms with Gasteiger partial charge in [-0.15, -0.1) is 0 Å². The minimum atomic E-state index is -1.64. The highest BCUT2D eigenvalue weighted by Gasteiger charge is 2.26. The Morgan fingerprint density at radius 2 is 2.00 bits per heavy atom. The van der Waals surface area contributed by atoms with Gasteiger partial charge in [0.05, 0.1) is 11.2 Å². The van der Waals surface area contributed by atoms with Crippen LogP contribution in [0.15, 0.2) is 38.3 Å². The van der Waals surface area contributed by atoms with Crippen molar-refractivity contribution in [3.8, 4) is 5.69 Å². The lowest BCUT2D eigenvalue weighted by Gasteiger charge is -2.07. The second-order valence-corrected chi connectivity index (χ2v) is 7.98. The van der Waals surface area contributed by atoms with E-state index in [4.69, 9.17) is 0 Å². The average Bonchev–Trinajstić information content (AvgIpc) is 3.11. The maximum absolute atomic E-state index is 14.5. The third-order valence-corrected chi connectivity index (χ3v) is 5.73. The van der Waals surface area contributed by atoms with Crippen molar-refractivity contribution in [3.05, 3.63) is 61.1 Å². The molecule has 9 heteroatoms. The van der Waals surface area contributed by atoms with Gasteiger partial charge in [0.1, 0.15) is 22.3 Å². The van der Waals surface area contributed by atoms with Crippen molar-refractivity contribution in [2.24, 2.45) is 0 Å². The molecule has 0 aliphatic carbocycles. The topological polar surface area (TPSA) is 66.0 Å². The molecule has 3 aromatic rings. The molecule has 6 nitrogen and oxygen atoms in total. The molecule has 1 atom stereocenters. The van der Waals surface area contributed by atoms with Gasteiger partial charge in [-0.05, 0) is 31.0 Å². The van der Waals surface area contributed by atoms with E-state index >= 15 is 0 Å². The zero-order valence-corrected chi connectivity index (χ0v) is 15.6. The second-order valence-electron chi connectivity index (χ2n) is 5.85. The molecule has 0 radical (unpaired) electrons. The van der Waals surface area contributed by atoms with Crippen molar-refractivity contribution in [1.82, 2.24) is 13.1 Å². The van der Waals surface area contributed by atoms with Gasteiger partial charge < -0.3 is 4.57 Å². The average molecular weight is 426 g/mol. The fourth-order valence-electron chi connectivity index (χ4n) is 3.39. The quantitative estimate of drug-likeness (QED) is 0.629. The summed E-state index contributed by atoms with van der Waals surface area (Å²) in [4.78, 5) is 25.3. The number of aromatic nitrogens is 3. The van der Waals surface area contributed by atoms with Crippen molar-refractivity contribution in [1.29, 1.82) is 0 Å². The van der Waals surface area contributed by atoms with Crippen LogP contribution in [0.4, 0.5) is 4.39 Å². The third-order valence-electron chi connectivity index (χ3n) is 4.38. The summed E-state index contributed by atoms with van der Waals surface area (Å²) in [5.41, 5.74) is 0.531. The molecule has 0 N–H and O–H groups in total. The molecule has 25 heavy (non-hydrogen) atoms. The third kappa shape index (κ3) is 2.36. The number of pyridine rings is 1. The Hall–Kier alpha value is -2.00. The van der Waals surface area contributed by atoms with Gasteiger partial charge in [-0.1, -0.05) is 15.9 Å². The zero-order valence-electron chi connectivity index (χ0n) is 13.2. The fourth-order valence-corrected chi connectivity index (χ4v) is 4.48. The molecule has 1 aliphatic heterocycles. The number of halogens is 2. The first-order chi connectivity index (χ1) is 11.9. The van der Waals surface area contributed by atoms with Crippen LogP contribution in [0.1, 0.15) is 12.1 Å². The molecular weight excluding hydrogens is 413 g/mol. The minimum Gasteiger partial charge on any atom is -0.310 e. The van der Waals surface area contributed by atoms with Crippen LogP contribution in [-0.4, -0.2) is 23.6 Å². The number of benzene rings is 1. The molecule has 2 aromatic heterocycles. The van der Waals surface area contributed by atoms with Crippen LogP contribution in [0, 0.1) is 5.82 Å². The molecule has 0 spiro atoms. The summed E-state index contributed by atoms with van der Waals surface area (Å²) in [5.74, 6) is -0.613. The van der Waals surface area contributed by atoms with Crippen molar-refractivity contribution < 1.29 is 8.60 Å². The minimum absolute atomic E-state index is 0.0183. The maximum atomic E-state index is 14.5. The highest BCUT2D eigenvalue weighted by molar-refractivity contribution is 9.10. The van der Waals surface area contributed by atoms with Gasteiger partial charge in [0.15, 0.2) is 0 Å². The second kappa shape index (κ2) is 5.77. The SMILES string of the molecule is CS(=O)n1c(=O)n(-c2ccc(Br)cc2F)c2cc(=O)n3c(c21)CCC3. The van der Waals surface area contributed by atoms with Crippen LogP contribution in [0.2, 0.25) is 0 Å². The Balaban J connectivity index is 2.22. The first-order valence-corrected chi connectivity index (χ1v) is 9.90. The molecule has 130 valence electrons. The molecular formula is C16H13BrFN3O3S. The standard InChI is InChI=1S/C16H13BrFN3O3S/c1-25(24)21-15-12-3-2-6-19(12)14(22)8-13(15)20(16(21)23)11-5-4-9(17)7-10(11)18/h4-5,7-8H,2-3,6H2,1H3. The summed E-state index contributed by atoms with van der Waals surface area (Å²) >= 11 is 3.18. The van der Waals surface area contributed by atoms with Gasteiger partial charge in [-0.3, -0.25) is 9.36 Å². The van der Waals surface area contributed by atoms with Crippen LogP contribution >= 0.6 is 15.9 Å². The predicted molar refractivity (Wildman–Crippen MR) is 97.2 cm³/mol. The summed E-state index contributed by atoms with van der Waals surface area (Å²) < 4.78 is 31.1. The number of hydrogen-bond donors (Lipinski definition) is 0. The first kappa shape index (κ1) is 16.5.